The van der Waals surface area contributed by atoms with E-state index in [0.29, 0.717) is 10.6 Å². The van der Waals surface area contributed by atoms with E-state index < -0.39 is 40.4 Å². The molecule has 0 aliphatic rings. The van der Waals surface area contributed by atoms with Gasteiger partial charge in [0.05, 0.1) is 24.8 Å². The van der Waals surface area contributed by atoms with Gasteiger partial charge >= 0.3 is 23.5 Å². The summed E-state index contributed by atoms with van der Waals surface area (Å²) in [6.07, 6.45) is -3.48. The van der Waals surface area contributed by atoms with Crippen LogP contribution in [0.4, 0.5) is 18.9 Å². The summed E-state index contributed by atoms with van der Waals surface area (Å²) < 4.78 is 52.1. The maximum atomic E-state index is 13.6. The lowest BCUT2D eigenvalue weighted by molar-refractivity contribution is -0.151. The van der Waals surface area contributed by atoms with Crippen molar-refractivity contribution in [3.05, 3.63) is 110 Å². The van der Waals surface area contributed by atoms with Gasteiger partial charge in [0, 0.05) is 17.8 Å². The number of carbonyl (C=O) groups is 1. The van der Waals surface area contributed by atoms with Gasteiger partial charge in [0.15, 0.2) is 0 Å². The molecule has 0 unspecified atom stereocenters. The van der Waals surface area contributed by atoms with Crippen LogP contribution in [0.5, 0.6) is 11.6 Å². The average molecular weight is 604 g/mol. The second kappa shape index (κ2) is 12.1. The molecule has 0 radical (unpaired) electrons. The van der Waals surface area contributed by atoms with Crippen molar-refractivity contribution in [1.82, 2.24) is 19.1 Å². The predicted molar refractivity (Wildman–Crippen MR) is 147 cm³/mol. The minimum Gasteiger partial charge on any atom is -0.469 e. The van der Waals surface area contributed by atoms with Crippen LogP contribution in [-0.2, 0) is 28.8 Å². The molecule has 1 N–H and O–H groups in total. The quantitative estimate of drug-likeness (QED) is 0.292. The van der Waals surface area contributed by atoms with Crippen molar-refractivity contribution >= 4 is 23.3 Å². The molecule has 2 aromatic carbocycles. The third-order valence-corrected chi connectivity index (χ3v) is 6.34. The molecule has 0 aliphatic heterocycles. The fraction of sp³-hybridized carbons (Fsp3) is 0.250. The van der Waals surface area contributed by atoms with Crippen LogP contribution in [0, 0.1) is 5.41 Å². The number of H-pyrrole nitrogens is 1. The van der Waals surface area contributed by atoms with Gasteiger partial charge in [-0.05, 0) is 67.9 Å². The van der Waals surface area contributed by atoms with E-state index in [1.54, 1.807) is 38.1 Å². The lowest BCUT2D eigenvalue weighted by Crippen LogP contribution is -2.52. The number of aromatic nitrogens is 4. The van der Waals surface area contributed by atoms with Gasteiger partial charge in [-0.2, -0.15) is 13.2 Å². The lowest BCUT2D eigenvalue weighted by atomic mass is 9.94. The first kappa shape index (κ1) is 30.3. The molecule has 0 bridgehead atoms. The number of rotatable bonds is 8. The third kappa shape index (κ3) is 6.97. The zero-order valence-corrected chi connectivity index (χ0v) is 23.4. The van der Waals surface area contributed by atoms with Crippen LogP contribution in [0.3, 0.4) is 0 Å². The molecule has 0 saturated heterocycles. The molecule has 0 aliphatic carbocycles. The zero-order chi connectivity index (χ0) is 30.7. The summed E-state index contributed by atoms with van der Waals surface area (Å²) >= 11 is 5.99. The summed E-state index contributed by atoms with van der Waals surface area (Å²) in [4.78, 5) is 49.5. The van der Waals surface area contributed by atoms with E-state index in [1.165, 1.54) is 42.1 Å². The Bertz CT molecular complexity index is 1780. The monoisotopic (exact) mass is 603 g/mol. The van der Waals surface area contributed by atoms with E-state index >= 15 is 0 Å². The number of hydrogen-bond donors (Lipinski definition) is 1. The van der Waals surface area contributed by atoms with Crippen LogP contribution in [0.25, 0.3) is 0 Å². The second-order valence-electron chi connectivity index (χ2n) is 9.77. The normalized spacial score (nSPS) is 12.3. The van der Waals surface area contributed by atoms with E-state index in [4.69, 9.17) is 21.1 Å². The maximum Gasteiger partial charge on any atom is 0.421 e. The zero-order valence-electron chi connectivity index (χ0n) is 22.6. The highest BCUT2D eigenvalue weighted by Gasteiger charge is 2.35. The maximum absolute atomic E-state index is 13.6. The fourth-order valence-corrected chi connectivity index (χ4v) is 4.07. The number of ether oxygens (including phenoxy) is 2. The first-order chi connectivity index (χ1) is 19.8. The summed E-state index contributed by atoms with van der Waals surface area (Å²) in [5.74, 6) is -1.17. The van der Waals surface area contributed by atoms with Crippen LogP contribution in [0.2, 0.25) is 5.02 Å². The highest BCUT2D eigenvalue weighted by molar-refractivity contribution is 6.30. The van der Waals surface area contributed by atoms with Crippen molar-refractivity contribution in [3.63, 3.8) is 0 Å². The average Bonchev–Trinajstić information content (AvgIpc) is 2.94. The molecule has 0 spiro atoms. The standard InChI is InChI=1S/C28H25ClF3N5O5/c1-27(2,23(38)41-3)16-37-25(39)35-24(36(26(37)40)15-17-6-8-18(29)9-7-17)34-19-10-12-20(13-11-19)42-22-21(28(30,31)32)5-4-14-33-22/h4-14H,15-16H2,1-3H3,(H,34,35,39). The molecule has 0 atom stereocenters. The van der Waals surface area contributed by atoms with Gasteiger partial charge in [0.25, 0.3) is 0 Å². The fourth-order valence-electron chi connectivity index (χ4n) is 3.94. The van der Waals surface area contributed by atoms with E-state index in [0.717, 1.165) is 16.7 Å². The molecule has 10 nitrogen and oxygen atoms in total. The topological polar surface area (TPSA) is 121 Å². The van der Waals surface area contributed by atoms with Crippen LogP contribution >= 0.6 is 11.6 Å². The Balaban J connectivity index is 1.75. The Morgan fingerprint density at radius 3 is 2.31 bits per heavy atom. The Hall–Kier alpha value is -4.65. The molecule has 42 heavy (non-hydrogen) atoms. The second-order valence-corrected chi connectivity index (χ2v) is 10.2. The van der Waals surface area contributed by atoms with E-state index in [2.05, 4.69) is 15.0 Å². The van der Waals surface area contributed by atoms with Crippen molar-refractivity contribution < 1.29 is 27.4 Å². The molecule has 0 amide bonds. The number of halogens is 4. The minimum absolute atomic E-state index is 0.00857. The van der Waals surface area contributed by atoms with Crippen molar-refractivity contribution in [2.75, 3.05) is 7.11 Å². The molecule has 0 saturated carbocycles. The Morgan fingerprint density at radius 2 is 1.69 bits per heavy atom. The molecule has 14 heteroatoms. The molecule has 0 fully saturated rings. The molecule has 4 aromatic rings. The van der Waals surface area contributed by atoms with Gasteiger partial charge in [0.1, 0.15) is 11.3 Å². The Labute approximate surface area is 241 Å². The Morgan fingerprint density at radius 1 is 1.02 bits per heavy atom. The molecule has 2 heterocycles. The number of aromatic amines is 1. The van der Waals surface area contributed by atoms with E-state index in [-0.39, 0.29) is 30.1 Å². The number of nitrogens with one attached hydrogen (secondary N) is 1. The first-order valence-electron chi connectivity index (χ1n) is 12.4. The predicted octanol–water partition coefficient (Wildman–Crippen LogP) is 4.68. The highest BCUT2D eigenvalue weighted by Crippen LogP contribution is 2.36. The number of hydrogen-bond acceptors (Lipinski definition) is 7. The summed E-state index contributed by atoms with van der Waals surface area (Å²) in [6, 6.07) is 14.3. The van der Waals surface area contributed by atoms with Crippen molar-refractivity contribution in [3.8, 4) is 11.6 Å². The van der Waals surface area contributed by atoms with Gasteiger partial charge in [-0.15, -0.1) is 0 Å². The largest absolute Gasteiger partial charge is 0.469 e. The first-order valence-corrected chi connectivity index (χ1v) is 12.8. The van der Waals surface area contributed by atoms with Gasteiger partial charge in [-0.25, -0.2) is 24.1 Å². The van der Waals surface area contributed by atoms with Crippen molar-refractivity contribution in [2.45, 2.75) is 33.1 Å². The molecule has 220 valence electrons. The van der Waals surface area contributed by atoms with Gasteiger partial charge in [-0.1, -0.05) is 23.7 Å². The smallest absolute Gasteiger partial charge is 0.421 e. The molecule has 4 rings (SSSR count). The number of benzene rings is 2. The Kier molecular flexibility index (Phi) is 8.71. The molecular weight excluding hydrogens is 579 g/mol. The van der Waals surface area contributed by atoms with Crippen LogP contribution in [0.1, 0.15) is 25.0 Å². The molecular formula is C28H25ClF3N5O5. The number of methoxy groups -OCH3 is 1. The minimum atomic E-state index is -4.66. The summed E-state index contributed by atoms with van der Waals surface area (Å²) in [5, 5.41) is 0.489. The van der Waals surface area contributed by atoms with Crippen LogP contribution in [0.15, 0.2) is 81.4 Å². The van der Waals surface area contributed by atoms with Crippen LogP contribution in [-0.4, -0.2) is 32.2 Å². The van der Waals surface area contributed by atoms with Crippen LogP contribution < -0.4 is 21.7 Å². The van der Waals surface area contributed by atoms with E-state index in [9.17, 15) is 27.6 Å². The third-order valence-electron chi connectivity index (χ3n) is 6.09. The summed E-state index contributed by atoms with van der Waals surface area (Å²) in [7, 11) is 1.21. The van der Waals surface area contributed by atoms with E-state index in [1.807, 2.05) is 0 Å². The summed E-state index contributed by atoms with van der Waals surface area (Å²) in [5.41, 5.74) is -2.95. The van der Waals surface area contributed by atoms with Gasteiger partial charge in [0.2, 0.25) is 11.5 Å². The molecule has 2 aromatic heterocycles. The number of alkyl halides is 3. The van der Waals surface area contributed by atoms with Gasteiger partial charge < -0.3 is 9.47 Å². The number of pyridine rings is 1. The van der Waals surface area contributed by atoms with Gasteiger partial charge in [-0.3, -0.25) is 14.3 Å². The van der Waals surface area contributed by atoms with Crippen molar-refractivity contribution in [1.29, 1.82) is 0 Å². The summed E-state index contributed by atoms with van der Waals surface area (Å²) in [6.45, 7) is 2.80. The number of esters is 1. The number of carbonyl (C=O) groups excluding carboxylic acids is 1. The lowest BCUT2D eigenvalue weighted by Gasteiger charge is -2.22. The highest BCUT2D eigenvalue weighted by atomic mass is 35.5. The number of nitrogens with zero attached hydrogens (tertiary/aromatic N) is 4. The van der Waals surface area contributed by atoms with Crippen molar-refractivity contribution in [2.24, 2.45) is 10.4 Å². The SMILES string of the molecule is COC(=O)C(C)(C)Cn1c(=O)[nH]/c(=N\c2ccc(Oc3ncccc3C(F)(F)F)cc2)n(Cc2ccc(Cl)cc2)c1=O.